The standard InChI is InChI=1S/C26H32N2O2/c1-3-29-26-25-23(17-10-18-24(25)30-27-26)28(2)19-11-16-22(20-12-6-4-7-13-20)21-14-8-5-9-15-21/h4-9,12-15,22-23H,3,10-11,16-19H2,1-2H3/t23-/m1/s1. The summed E-state index contributed by atoms with van der Waals surface area (Å²) in [5.41, 5.74) is 3.96. The minimum atomic E-state index is 0.327. The minimum Gasteiger partial charge on any atom is -0.476 e. The molecule has 2 aromatic carbocycles. The van der Waals surface area contributed by atoms with Crippen molar-refractivity contribution in [3.05, 3.63) is 83.1 Å². The monoisotopic (exact) mass is 404 g/mol. The number of hydrogen-bond donors (Lipinski definition) is 0. The lowest BCUT2D eigenvalue weighted by molar-refractivity contribution is 0.206. The molecule has 0 fully saturated rings. The summed E-state index contributed by atoms with van der Waals surface area (Å²) in [6.07, 6.45) is 5.49. The Morgan fingerprint density at radius 2 is 1.73 bits per heavy atom. The van der Waals surface area contributed by atoms with Crippen LogP contribution >= 0.6 is 0 Å². The molecule has 158 valence electrons. The van der Waals surface area contributed by atoms with Gasteiger partial charge in [0, 0.05) is 18.4 Å². The van der Waals surface area contributed by atoms with E-state index in [2.05, 4.69) is 77.8 Å². The molecule has 0 N–H and O–H groups in total. The second-order valence-corrected chi connectivity index (χ2v) is 8.16. The molecular formula is C26H32N2O2. The summed E-state index contributed by atoms with van der Waals surface area (Å²) in [6, 6.07) is 22.1. The highest BCUT2D eigenvalue weighted by Crippen LogP contribution is 2.39. The molecule has 1 aliphatic carbocycles. The van der Waals surface area contributed by atoms with Gasteiger partial charge in [-0.15, -0.1) is 0 Å². The van der Waals surface area contributed by atoms with Crippen LogP contribution in [0.3, 0.4) is 0 Å². The van der Waals surface area contributed by atoms with Crippen LogP contribution in [0.5, 0.6) is 5.88 Å². The number of nitrogens with zero attached hydrogens (tertiary/aromatic N) is 2. The van der Waals surface area contributed by atoms with E-state index >= 15 is 0 Å². The molecule has 4 heteroatoms. The fraction of sp³-hybridized carbons (Fsp3) is 0.423. The number of benzene rings is 2. The Morgan fingerprint density at radius 3 is 2.37 bits per heavy atom. The van der Waals surface area contributed by atoms with Crippen molar-refractivity contribution in [1.82, 2.24) is 10.1 Å². The van der Waals surface area contributed by atoms with Crippen LogP contribution in [0, 0.1) is 0 Å². The fourth-order valence-electron chi connectivity index (χ4n) is 4.70. The first kappa shape index (κ1) is 20.7. The third-order valence-electron chi connectivity index (χ3n) is 6.20. The molecule has 1 atom stereocenters. The van der Waals surface area contributed by atoms with E-state index in [1.807, 2.05) is 6.92 Å². The summed E-state index contributed by atoms with van der Waals surface area (Å²) in [4.78, 5) is 2.46. The van der Waals surface area contributed by atoms with Crippen LogP contribution in [-0.2, 0) is 6.42 Å². The predicted octanol–water partition coefficient (Wildman–Crippen LogP) is 5.99. The maximum atomic E-state index is 5.75. The van der Waals surface area contributed by atoms with Gasteiger partial charge in [0.15, 0.2) is 0 Å². The quantitative estimate of drug-likeness (QED) is 0.439. The van der Waals surface area contributed by atoms with Crippen molar-refractivity contribution in [3.63, 3.8) is 0 Å². The molecule has 3 aromatic rings. The third-order valence-corrected chi connectivity index (χ3v) is 6.20. The fourth-order valence-corrected chi connectivity index (χ4v) is 4.70. The van der Waals surface area contributed by atoms with E-state index in [-0.39, 0.29) is 0 Å². The van der Waals surface area contributed by atoms with E-state index in [0.717, 1.165) is 44.4 Å². The van der Waals surface area contributed by atoms with Gasteiger partial charge in [-0.05, 0) is 62.5 Å². The number of fused-ring (bicyclic) bond motifs is 1. The van der Waals surface area contributed by atoms with Crippen molar-refractivity contribution in [2.24, 2.45) is 0 Å². The lowest BCUT2D eigenvalue weighted by Crippen LogP contribution is -2.28. The van der Waals surface area contributed by atoms with Gasteiger partial charge in [0.05, 0.1) is 12.2 Å². The highest BCUT2D eigenvalue weighted by Gasteiger charge is 2.31. The smallest absolute Gasteiger partial charge is 0.259 e. The molecule has 0 aliphatic heterocycles. The molecule has 1 heterocycles. The van der Waals surface area contributed by atoms with Crippen molar-refractivity contribution in [2.45, 2.75) is 51.0 Å². The first-order valence-corrected chi connectivity index (χ1v) is 11.2. The molecule has 0 unspecified atom stereocenters. The van der Waals surface area contributed by atoms with Crippen molar-refractivity contribution < 1.29 is 9.26 Å². The predicted molar refractivity (Wildman–Crippen MR) is 120 cm³/mol. The summed E-state index contributed by atoms with van der Waals surface area (Å²) >= 11 is 0. The Labute approximate surface area is 179 Å². The number of rotatable bonds is 9. The summed E-state index contributed by atoms with van der Waals surface area (Å²) < 4.78 is 11.3. The van der Waals surface area contributed by atoms with Gasteiger partial charge in [-0.3, -0.25) is 4.90 Å². The van der Waals surface area contributed by atoms with E-state index in [4.69, 9.17) is 9.26 Å². The maximum absolute atomic E-state index is 5.75. The van der Waals surface area contributed by atoms with Gasteiger partial charge in [0.2, 0.25) is 0 Å². The largest absolute Gasteiger partial charge is 0.476 e. The van der Waals surface area contributed by atoms with Gasteiger partial charge in [-0.2, -0.15) is 0 Å². The normalized spacial score (nSPS) is 16.1. The number of ether oxygens (including phenoxy) is 1. The van der Waals surface area contributed by atoms with E-state index in [0.29, 0.717) is 24.4 Å². The van der Waals surface area contributed by atoms with Crippen molar-refractivity contribution in [2.75, 3.05) is 20.2 Å². The van der Waals surface area contributed by atoms with Gasteiger partial charge < -0.3 is 9.26 Å². The van der Waals surface area contributed by atoms with Crippen LogP contribution in [0.1, 0.15) is 67.0 Å². The Balaban J connectivity index is 1.44. The van der Waals surface area contributed by atoms with Crippen LogP contribution < -0.4 is 4.74 Å². The topological polar surface area (TPSA) is 38.5 Å². The molecule has 1 aliphatic rings. The lowest BCUT2D eigenvalue weighted by atomic mass is 9.87. The van der Waals surface area contributed by atoms with E-state index in [1.165, 1.54) is 16.7 Å². The molecular weight excluding hydrogens is 372 g/mol. The molecule has 0 bridgehead atoms. The molecule has 30 heavy (non-hydrogen) atoms. The number of aromatic nitrogens is 1. The van der Waals surface area contributed by atoms with Gasteiger partial charge in [0.1, 0.15) is 5.76 Å². The molecule has 4 nitrogen and oxygen atoms in total. The summed E-state index contributed by atoms with van der Waals surface area (Å²) in [5, 5.41) is 4.18. The number of aryl methyl sites for hydroxylation is 1. The van der Waals surface area contributed by atoms with E-state index in [1.54, 1.807) is 0 Å². The molecule has 0 saturated carbocycles. The SMILES string of the molecule is CCOc1noc2c1[C@H](N(C)CCCC(c1ccccc1)c1ccccc1)CCC2. The molecule has 0 amide bonds. The van der Waals surface area contributed by atoms with Gasteiger partial charge in [0.25, 0.3) is 5.88 Å². The first-order chi connectivity index (χ1) is 14.8. The first-order valence-electron chi connectivity index (χ1n) is 11.2. The van der Waals surface area contributed by atoms with Gasteiger partial charge >= 0.3 is 0 Å². The highest BCUT2D eigenvalue weighted by atomic mass is 16.5. The van der Waals surface area contributed by atoms with Gasteiger partial charge in [-0.1, -0.05) is 60.7 Å². The molecule has 1 aromatic heterocycles. The lowest BCUT2D eigenvalue weighted by Gasteiger charge is -2.31. The summed E-state index contributed by atoms with van der Waals surface area (Å²) in [7, 11) is 2.22. The van der Waals surface area contributed by atoms with Crippen LogP contribution in [0.4, 0.5) is 0 Å². The van der Waals surface area contributed by atoms with Crippen LogP contribution in [0.2, 0.25) is 0 Å². The van der Waals surface area contributed by atoms with E-state index < -0.39 is 0 Å². The Hall–Kier alpha value is -2.59. The zero-order valence-electron chi connectivity index (χ0n) is 18.1. The van der Waals surface area contributed by atoms with Crippen LogP contribution in [0.25, 0.3) is 0 Å². The van der Waals surface area contributed by atoms with Crippen molar-refractivity contribution in [1.29, 1.82) is 0 Å². The number of hydrogen-bond acceptors (Lipinski definition) is 4. The zero-order valence-corrected chi connectivity index (χ0v) is 18.1. The third kappa shape index (κ3) is 4.59. The minimum absolute atomic E-state index is 0.327. The van der Waals surface area contributed by atoms with Gasteiger partial charge in [-0.25, -0.2) is 0 Å². The molecule has 0 radical (unpaired) electrons. The van der Waals surface area contributed by atoms with Crippen LogP contribution in [0.15, 0.2) is 65.2 Å². The Bertz CT molecular complexity index is 868. The molecule has 0 spiro atoms. The summed E-state index contributed by atoms with van der Waals surface area (Å²) in [5.74, 6) is 2.13. The van der Waals surface area contributed by atoms with Crippen LogP contribution in [-0.4, -0.2) is 30.3 Å². The molecule has 4 rings (SSSR count). The van der Waals surface area contributed by atoms with Crippen molar-refractivity contribution >= 4 is 0 Å². The second kappa shape index (κ2) is 9.94. The average Bonchev–Trinajstić information content (AvgIpc) is 3.21. The molecule has 0 saturated heterocycles. The van der Waals surface area contributed by atoms with Crippen molar-refractivity contribution in [3.8, 4) is 5.88 Å². The Kier molecular flexibility index (Phi) is 6.85. The maximum Gasteiger partial charge on any atom is 0.259 e. The Morgan fingerprint density at radius 1 is 1.07 bits per heavy atom. The van der Waals surface area contributed by atoms with E-state index in [9.17, 15) is 0 Å². The zero-order chi connectivity index (χ0) is 20.8. The highest BCUT2D eigenvalue weighted by molar-refractivity contribution is 5.34. The summed E-state index contributed by atoms with van der Waals surface area (Å²) in [6.45, 7) is 3.65. The second-order valence-electron chi connectivity index (χ2n) is 8.16. The average molecular weight is 405 g/mol.